The highest BCUT2D eigenvalue weighted by molar-refractivity contribution is 9.09. The average molecular weight is 375 g/mol. The smallest absolute Gasteiger partial charge is 0.310 e. The molecule has 130 valence electrons. The summed E-state index contributed by atoms with van der Waals surface area (Å²) in [5.74, 6) is 0.354. The molecule has 0 aromatic carbocycles. The van der Waals surface area contributed by atoms with Gasteiger partial charge in [-0.15, -0.1) is 0 Å². The maximum absolute atomic E-state index is 11.4. The van der Waals surface area contributed by atoms with Gasteiger partial charge in [0, 0.05) is 6.42 Å². The van der Waals surface area contributed by atoms with E-state index < -0.39 is 0 Å². The van der Waals surface area contributed by atoms with E-state index in [1.54, 1.807) is 0 Å². The highest BCUT2D eigenvalue weighted by Crippen LogP contribution is 2.13. The fraction of sp³-hybridized carbons (Fsp3) is 0.842. The third-order valence-electron chi connectivity index (χ3n) is 3.89. The second kappa shape index (κ2) is 17.1. The van der Waals surface area contributed by atoms with Gasteiger partial charge in [-0.1, -0.05) is 106 Å². The normalized spacial score (nSPS) is 10.6. The second-order valence-corrected chi connectivity index (χ2v) is 6.70. The molecule has 2 nitrogen and oxygen atoms in total. The van der Waals surface area contributed by atoms with Crippen LogP contribution in [0.4, 0.5) is 0 Å². The molecular formula is C19H35BrO2. The molecule has 0 atom stereocenters. The number of rotatable bonds is 16. The molecule has 0 heterocycles. The van der Waals surface area contributed by atoms with Crippen LogP contribution in [-0.4, -0.2) is 11.3 Å². The van der Waals surface area contributed by atoms with Gasteiger partial charge in [-0.05, 0) is 6.42 Å². The molecule has 0 amide bonds. The number of carbonyl (C=O) groups excluding carboxylic acids is 1. The Morgan fingerprint density at radius 3 is 1.64 bits per heavy atom. The van der Waals surface area contributed by atoms with Crippen molar-refractivity contribution in [2.75, 3.05) is 5.33 Å². The zero-order valence-corrected chi connectivity index (χ0v) is 16.1. The van der Waals surface area contributed by atoms with Crippen LogP contribution in [0.3, 0.4) is 0 Å². The molecule has 0 spiro atoms. The van der Waals surface area contributed by atoms with Gasteiger partial charge in [0.15, 0.2) is 0 Å². The van der Waals surface area contributed by atoms with Crippen molar-refractivity contribution in [3.05, 3.63) is 12.3 Å². The Morgan fingerprint density at radius 2 is 1.23 bits per heavy atom. The number of hydrogen-bond acceptors (Lipinski definition) is 2. The van der Waals surface area contributed by atoms with Crippen molar-refractivity contribution < 1.29 is 9.53 Å². The predicted molar refractivity (Wildman–Crippen MR) is 99.3 cm³/mol. The van der Waals surface area contributed by atoms with Crippen LogP contribution in [0, 0.1) is 0 Å². The van der Waals surface area contributed by atoms with Crippen LogP contribution in [0.25, 0.3) is 0 Å². The molecule has 0 radical (unpaired) electrons. The molecule has 0 bridgehead atoms. The Hall–Kier alpha value is -0.310. The highest BCUT2D eigenvalue weighted by Gasteiger charge is 2.04. The van der Waals surface area contributed by atoms with Gasteiger partial charge >= 0.3 is 5.97 Å². The van der Waals surface area contributed by atoms with E-state index in [1.807, 2.05) is 0 Å². The Kier molecular flexibility index (Phi) is 16.8. The lowest BCUT2D eigenvalue weighted by atomic mass is 10.0. The maximum atomic E-state index is 11.4. The molecule has 0 unspecified atom stereocenters. The molecule has 0 aromatic heterocycles. The van der Waals surface area contributed by atoms with Gasteiger partial charge in [-0.2, -0.15) is 0 Å². The number of esters is 1. The van der Waals surface area contributed by atoms with Gasteiger partial charge in [0.05, 0.1) is 5.33 Å². The van der Waals surface area contributed by atoms with Gasteiger partial charge in [0.2, 0.25) is 0 Å². The van der Waals surface area contributed by atoms with Crippen molar-refractivity contribution >= 4 is 21.9 Å². The van der Waals surface area contributed by atoms with E-state index >= 15 is 0 Å². The number of carbonyl (C=O) groups is 1. The summed E-state index contributed by atoms with van der Waals surface area (Å²) >= 11 is 3.21. The van der Waals surface area contributed by atoms with Gasteiger partial charge in [0.1, 0.15) is 5.76 Å². The zero-order chi connectivity index (χ0) is 16.5. The molecule has 0 aliphatic rings. The lowest BCUT2D eigenvalue weighted by Crippen LogP contribution is -2.04. The number of unbranched alkanes of at least 4 members (excludes halogenated alkanes) is 12. The van der Waals surface area contributed by atoms with Gasteiger partial charge in [-0.3, -0.25) is 4.79 Å². The van der Waals surface area contributed by atoms with E-state index in [-0.39, 0.29) is 5.97 Å². The molecule has 22 heavy (non-hydrogen) atoms. The Bertz CT molecular complexity index is 277. The van der Waals surface area contributed by atoms with E-state index in [9.17, 15) is 4.79 Å². The Balaban J connectivity index is 3.14. The average Bonchev–Trinajstić information content (AvgIpc) is 2.51. The van der Waals surface area contributed by atoms with Crippen LogP contribution in [0.1, 0.15) is 96.8 Å². The highest BCUT2D eigenvalue weighted by atomic mass is 79.9. The summed E-state index contributed by atoms with van der Waals surface area (Å²) in [5.41, 5.74) is 0. The van der Waals surface area contributed by atoms with Crippen LogP contribution >= 0.6 is 15.9 Å². The molecule has 0 saturated carbocycles. The van der Waals surface area contributed by atoms with Crippen molar-refractivity contribution in [2.24, 2.45) is 0 Å². The monoisotopic (exact) mass is 374 g/mol. The quantitative estimate of drug-likeness (QED) is 0.127. The molecule has 0 aromatic rings. The summed E-state index contributed by atoms with van der Waals surface area (Å²) in [7, 11) is 0. The number of ether oxygens (including phenoxy) is 1. The summed E-state index contributed by atoms with van der Waals surface area (Å²) in [6.07, 6.45) is 17.7. The molecule has 0 saturated heterocycles. The minimum Gasteiger partial charge on any atom is -0.431 e. The Morgan fingerprint density at radius 1 is 0.818 bits per heavy atom. The second-order valence-electron chi connectivity index (χ2n) is 6.14. The van der Waals surface area contributed by atoms with Crippen LogP contribution < -0.4 is 0 Å². The fourth-order valence-corrected chi connectivity index (χ4v) is 2.64. The minimum absolute atomic E-state index is 0.146. The molecule has 3 heteroatoms. The lowest BCUT2D eigenvalue weighted by Gasteiger charge is -2.05. The van der Waals surface area contributed by atoms with Gasteiger partial charge in [0.25, 0.3) is 0 Å². The van der Waals surface area contributed by atoms with Crippen molar-refractivity contribution in [1.82, 2.24) is 0 Å². The summed E-state index contributed by atoms with van der Waals surface area (Å²) in [5, 5.41) is 0.525. The van der Waals surface area contributed by atoms with E-state index in [0.717, 1.165) is 12.8 Å². The first-order chi connectivity index (χ1) is 10.7. The molecular weight excluding hydrogens is 340 g/mol. The van der Waals surface area contributed by atoms with E-state index in [2.05, 4.69) is 29.4 Å². The van der Waals surface area contributed by atoms with Crippen molar-refractivity contribution in [2.45, 2.75) is 96.8 Å². The first-order valence-electron chi connectivity index (χ1n) is 9.15. The number of allylic oxidation sites excluding steroid dienone is 1. The van der Waals surface area contributed by atoms with Crippen molar-refractivity contribution in [1.29, 1.82) is 0 Å². The Labute approximate surface area is 146 Å². The molecule has 0 fully saturated rings. The molecule has 0 rings (SSSR count). The number of alkyl halides is 1. The predicted octanol–water partition coefficient (Wildman–Crippen LogP) is 6.92. The standard InChI is InChI=1S/C19H35BrO2/c1-3-4-5-6-7-8-9-10-11-12-13-14-15-16-19(21)22-18(2)17-20/h2-17H2,1H3. The van der Waals surface area contributed by atoms with Crippen LogP contribution in [0.2, 0.25) is 0 Å². The summed E-state index contributed by atoms with van der Waals surface area (Å²) < 4.78 is 5.03. The summed E-state index contributed by atoms with van der Waals surface area (Å²) in [6.45, 7) is 5.90. The SMILES string of the molecule is C=C(CBr)OC(=O)CCCCCCCCCCCCCCC. The van der Waals surface area contributed by atoms with Crippen LogP contribution in [-0.2, 0) is 9.53 Å². The number of hydrogen-bond donors (Lipinski definition) is 0. The molecule has 0 aliphatic heterocycles. The lowest BCUT2D eigenvalue weighted by molar-refractivity contribution is -0.139. The van der Waals surface area contributed by atoms with Crippen molar-refractivity contribution in [3.63, 3.8) is 0 Å². The third-order valence-corrected chi connectivity index (χ3v) is 4.52. The number of halogens is 1. The van der Waals surface area contributed by atoms with E-state index in [4.69, 9.17) is 4.74 Å². The largest absolute Gasteiger partial charge is 0.431 e. The van der Waals surface area contributed by atoms with Crippen molar-refractivity contribution in [3.8, 4) is 0 Å². The maximum Gasteiger partial charge on any atom is 0.310 e. The fourth-order valence-electron chi connectivity index (χ4n) is 2.53. The first-order valence-corrected chi connectivity index (χ1v) is 10.3. The summed E-state index contributed by atoms with van der Waals surface area (Å²) in [4.78, 5) is 11.4. The third kappa shape index (κ3) is 16.1. The van der Waals surface area contributed by atoms with Crippen LogP contribution in [0.15, 0.2) is 12.3 Å². The minimum atomic E-state index is -0.146. The van der Waals surface area contributed by atoms with Gasteiger partial charge < -0.3 is 4.74 Å². The molecule has 0 aliphatic carbocycles. The topological polar surface area (TPSA) is 26.3 Å². The van der Waals surface area contributed by atoms with Crippen LogP contribution in [0.5, 0.6) is 0 Å². The summed E-state index contributed by atoms with van der Waals surface area (Å²) in [6, 6.07) is 0. The van der Waals surface area contributed by atoms with E-state index in [1.165, 1.54) is 70.6 Å². The first kappa shape index (κ1) is 21.7. The van der Waals surface area contributed by atoms with E-state index in [0.29, 0.717) is 17.5 Å². The van der Waals surface area contributed by atoms with Gasteiger partial charge in [-0.25, -0.2) is 0 Å². The zero-order valence-electron chi connectivity index (χ0n) is 14.5. The molecule has 0 N–H and O–H groups in total.